The Hall–Kier alpha value is -0.860. The predicted molar refractivity (Wildman–Crippen MR) is 69.0 cm³/mol. The van der Waals surface area contributed by atoms with Gasteiger partial charge in [-0.1, -0.05) is 40.2 Å². The van der Waals surface area contributed by atoms with E-state index in [1.807, 2.05) is 6.92 Å². The lowest BCUT2D eigenvalue weighted by molar-refractivity contribution is 0.742. The van der Waals surface area contributed by atoms with Crippen LogP contribution in [0.1, 0.15) is 12.5 Å². The van der Waals surface area contributed by atoms with Crippen LogP contribution in [-0.2, 0) is 6.42 Å². The van der Waals surface area contributed by atoms with Gasteiger partial charge in [0.25, 0.3) is 0 Å². The fourth-order valence-electron chi connectivity index (χ4n) is 1.83. The molecule has 2 aromatic carbocycles. The third kappa shape index (κ3) is 2.39. The average molecular weight is 264 g/mol. The van der Waals surface area contributed by atoms with E-state index in [-0.39, 0.29) is 6.04 Å². The van der Waals surface area contributed by atoms with Crippen molar-refractivity contribution in [1.29, 1.82) is 0 Å². The molecule has 0 aromatic heterocycles. The van der Waals surface area contributed by atoms with Crippen LogP contribution in [0.4, 0.5) is 0 Å². The van der Waals surface area contributed by atoms with Crippen LogP contribution in [-0.4, -0.2) is 6.04 Å². The van der Waals surface area contributed by atoms with E-state index in [0.717, 1.165) is 10.9 Å². The highest BCUT2D eigenvalue weighted by molar-refractivity contribution is 9.10. The van der Waals surface area contributed by atoms with E-state index in [2.05, 4.69) is 52.3 Å². The normalized spacial score (nSPS) is 13.0. The largest absolute Gasteiger partial charge is 0.328 e. The number of rotatable bonds is 2. The topological polar surface area (TPSA) is 26.0 Å². The van der Waals surface area contributed by atoms with Gasteiger partial charge in [-0.3, -0.25) is 0 Å². The summed E-state index contributed by atoms with van der Waals surface area (Å²) in [5, 5.41) is 2.57. The summed E-state index contributed by atoms with van der Waals surface area (Å²) < 4.78 is 1.12. The minimum absolute atomic E-state index is 0.203. The minimum atomic E-state index is 0.203. The zero-order valence-corrected chi connectivity index (χ0v) is 10.3. The Labute approximate surface area is 98.4 Å². The SMILES string of the molecule is CC(N)Cc1cccc2ccc(Br)cc12. The molecule has 0 aliphatic rings. The first-order chi connectivity index (χ1) is 7.16. The predicted octanol–water partition coefficient (Wildman–Crippen LogP) is 3.49. The summed E-state index contributed by atoms with van der Waals surface area (Å²) in [4.78, 5) is 0. The summed E-state index contributed by atoms with van der Waals surface area (Å²) in [5.74, 6) is 0. The van der Waals surface area contributed by atoms with Crippen molar-refractivity contribution < 1.29 is 0 Å². The molecule has 1 unspecified atom stereocenters. The molecule has 0 spiro atoms. The first-order valence-corrected chi connectivity index (χ1v) is 5.89. The molecule has 2 N–H and O–H groups in total. The lowest BCUT2D eigenvalue weighted by Crippen LogP contribution is -2.17. The number of halogens is 1. The molecule has 0 aliphatic carbocycles. The summed E-state index contributed by atoms with van der Waals surface area (Å²) in [6.45, 7) is 2.04. The molecule has 15 heavy (non-hydrogen) atoms. The van der Waals surface area contributed by atoms with Gasteiger partial charge in [0.15, 0.2) is 0 Å². The Morgan fingerprint density at radius 3 is 2.80 bits per heavy atom. The second-order valence-electron chi connectivity index (χ2n) is 3.96. The van der Waals surface area contributed by atoms with Gasteiger partial charge in [-0.15, -0.1) is 0 Å². The lowest BCUT2D eigenvalue weighted by atomic mass is 10.00. The lowest BCUT2D eigenvalue weighted by Gasteiger charge is -2.09. The van der Waals surface area contributed by atoms with Crippen molar-refractivity contribution in [3.63, 3.8) is 0 Å². The van der Waals surface area contributed by atoms with Crippen LogP contribution in [0, 0.1) is 0 Å². The van der Waals surface area contributed by atoms with E-state index in [4.69, 9.17) is 5.73 Å². The molecule has 2 rings (SSSR count). The molecule has 0 amide bonds. The van der Waals surface area contributed by atoms with Gasteiger partial charge in [-0.05, 0) is 41.8 Å². The summed E-state index contributed by atoms with van der Waals surface area (Å²) in [6.07, 6.45) is 0.924. The quantitative estimate of drug-likeness (QED) is 0.882. The van der Waals surface area contributed by atoms with Gasteiger partial charge in [0.1, 0.15) is 0 Å². The maximum Gasteiger partial charge on any atom is 0.0181 e. The highest BCUT2D eigenvalue weighted by Crippen LogP contribution is 2.23. The zero-order valence-electron chi connectivity index (χ0n) is 8.70. The fraction of sp³-hybridized carbons (Fsp3) is 0.231. The second kappa shape index (κ2) is 4.33. The smallest absolute Gasteiger partial charge is 0.0181 e. The molecular formula is C13H14BrN. The molecule has 0 saturated heterocycles. The number of fused-ring (bicyclic) bond motifs is 1. The second-order valence-corrected chi connectivity index (χ2v) is 4.88. The Kier molecular flexibility index (Phi) is 3.08. The molecule has 78 valence electrons. The van der Waals surface area contributed by atoms with Crippen molar-refractivity contribution in [2.24, 2.45) is 5.73 Å². The third-order valence-electron chi connectivity index (χ3n) is 2.48. The fourth-order valence-corrected chi connectivity index (χ4v) is 2.20. The molecule has 1 nitrogen and oxygen atoms in total. The molecule has 0 aliphatic heterocycles. The Balaban J connectivity index is 2.58. The van der Waals surface area contributed by atoms with E-state index in [1.165, 1.54) is 16.3 Å². The van der Waals surface area contributed by atoms with E-state index in [0.29, 0.717) is 0 Å². The molecule has 0 fully saturated rings. The van der Waals surface area contributed by atoms with E-state index in [9.17, 15) is 0 Å². The van der Waals surface area contributed by atoms with Gasteiger partial charge in [0.05, 0.1) is 0 Å². The minimum Gasteiger partial charge on any atom is -0.328 e. The van der Waals surface area contributed by atoms with Crippen LogP contribution < -0.4 is 5.73 Å². The van der Waals surface area contributed by atoms with E-state index >= 15 is 0 Å². The Morgan fingerprint density at radius 1 is 1.27 bits per heavy atom. The van der Waals surface area contributed by atoms with Crippen LogP contribution in [0.5, 0.6) is 0 Å². The summed E-state index contributed by atoms with van der Waals surface area (Å²) >= 11 is 3.50. The van der Waals surface area contributed by atoms with E-state index < -0.39 is 0 Å². The summed E-state index contributed by atoms with van der Waals surface area (Å²) in [7, 11) is 0. The van der Waals surface area contributed by atoms with Crippen molar-refractivity contribution in [3.8, 4) is 0 Å². The van der Waals surface area contributed by atoms with Gasteiger partial charge in [-0.2, -0.15) is 0 Å². The number of hydrogen-bond donors (Lipinski definition) is 1. The first kappa shape index (κ1) is 10.7. The van der Waals surface area contributed by atoms with Gasteiger partial charge in [0.2, 0.25) is 0 Å². The van der Waals surface area contributed by atoms with Gasteiger partial charge < -0.3 is 5.73 Å². The average Bonchev–Trinajstić information content (AvgIpc) is 2.18. The molecule has 0 radical (unpaired) electrons. The van der Waals surface area contributed by atoms with Crippen LogP contribution in [0.25, 0.3) is 10.8 Å². The monoisotopic (exact) mass is 263 g/mol. The van der Waals surface area contributed by atoms with Crippen LogP contribution in [0.2, 0.25) is 0 Å². The van der Waals surface area contributed by atoms with Crippen molar-refractivity contribution in [3.05, 3.63) is 46.4 Å². The number of hydrogen-bond acceptors (Lipinski definition) is 1. The molecule has 0 heterocycles. The van der Waals surface area contributed by atoms with Crippen molar-refractivity contribution in [1.82, 2.24) is 0 Å². The first-order valence-electron chi connectivity index (χ1n) is 5.09. The van der Waals surface area contributed by atoms with Crippen molar-refractivity contribution in [2.45, 2.75) is 19.4 Å². The Morgan fingerprint density at radius 2 is 2.07 bits per heavy atom. The maximum absolute atomic E-state index is 5.84. The van der Waals surface area contributed by atoms with Gasteiger partial charge >= 0.3 is 0 Å². The molecule has 1 atom stereocenters. The van der Waals surface area contributed by atoms with Crippen LogP contribution >= 0.6 is 15.9 Å². The number of benzene rings is 2. The van der Waals surface area contributed by atoms with E-state index in [1.54, 1.807) is 0 Å². The standard InChI is InChI=1S/C13H14BrN/c1-9(15)7-11-4-2-3-10-5-6-12(14)8-13(10)11/h2-6,8-9H,7,15H2,1H3. The highest BCUT2D eigenvalue weighted by Gasteiger charge is 2.03. The number of nitrogens with two attached hydrogens (primary N) is 1. The summed E-state index contributed by atoms with van der Waals surface area (Å²) in [6, 6.07) is 12.9. The Bertz CT molecular complexity index is 477. The van der Waals surface area contributed by atoms with Gasteiger partial charge in [-0.25, -0.2) is 0 Å². The van der Waals surface area contributed by atoms with Crippen molar-refractivity contribution in [2.75, 3.05) is 0 Å². The zero-order chi connectivity index (χ0) is 10.8. The molecular weight excluding hydrogens is 250 g/mol. The molecule has 2 aromatic rings. The maximum atomic E-state index is 5.84. The third-order valence-corrected chi connectivity index (χ3v) is 2.97. The molecule has 0 bridgehead atoms. The summed E-state index contributed by atoms with van der Waals surface area (Å²) in [5.41, 5.74) is 7.16. The molecule has 0 saturated carbocycles. The van der Waals surface area contributed by atoms with Crippen LogP contribution in [0.3, 0.4) is 0 Å². The molecule has 2 heteroatoms. The van der Waals surface area contributed by atoms with Gasteiger partial charge in [0, 0.05) is 10.5 Å². The highest BCUT2D eigenvalue weighted by atomic mass is 79.9. The van der Waals surface area contributed by atoms with Crippen LogP contribution in [0.15, 0.2) is 40.9 Å². The van der Waals surface area contributed by atoms with Crippen molar-refractivity contribution >= 4 is 26.7 Å².